The Morgan fingerprint density at radius 3 is 2.40 bits per heavy atom. The molecular formula is C25H20F3N3O3S. The van der Waals surface area contributed by atoms with Gasteiger partial charge in [0.05, 0.1) is 24.1 Å². The lowest BCUT2D eigenvalue weighted by atomic mass is 10.1. The molecule has 0 N–H and O–H groups in total. The quantitative estimate of drug-likeness (QED) is 0.226. The van der Waals surface area contributed by atoms with Crippen LogP contribution < -0.4 is 4.74 Å². The van der Waals surface area contributed by atoms with E-state index in [0.717, 1.165) is 29.5 Å². The van der Waals surface area contributed by atoms with Crippen molar-refractivity contribution in [3.05, 3.63) is 90.0 Å². The second-order valence-electron chi connectivity index (χ2n) is 7.35. The van der Waals surface area contributed by atoms with E-state index in [2.05, 4.69) is 10.2 Å². The molecule has 4 aromatic rings. The summed E-state index contributed by atoms with van der Waals surface area (Å²) in [5, 5.41) is 8.61. The average Bonchev–Trinajstić information content (AvgIpc) is 3.30. The third-order valence-corrected chi connectivity index (χ3v) is 5.88. The van der Waals surface area contributed by atoms with Crippen molar-refractivity contribution in [1.82, 2.24) is 14.8 Å². The Labute approximate surface area is 203 Å². The number of methoxy groups -OCH3 is 1. The summed E-state index contributed by atoms with van der Waals surface area (Å²) in [5.74, 6) is 0.372. The van der Waals surface area contributed by atoms with Crippen molar-refractivity contribution in [3.63, 3.8) is 0 Å². The molecule has 0 unspecified atom stereocenters. The number of halogens is 3. The molecule has 6 nitrogen and oxygen atoms in total. The predicted octanol–water partition coefficient (Wildman–Crippen LogP) is 5.80. The molecule has 35 heavy (non-hydrogen) atoms. The first-order chi connectivity index (χ1) is 16.8. The van der Waals surface area contributed by atoms with Gasteiger partial charge in [0.2, 0.25) is 0 Å². The van der Waals surface area contributed by atoms with Crippen molar-refractivity contribution in [2.45, 2.75) is 17.9 Å². The molecule has 180 valence electrons. The molecular weight excluding hydrogens is 479 g/mol. The van der Waals surface area contributed by atoms with Gasteiger partial charge in [0, 0.05) is 5.56 Å². The molecule has 4 rings (SSSR count). The van der Waals surface area contributed by atoms with Crippen LogP contribution in [0.25, 0.3) is 17.1 Å². The second-order valence-corrected chi connectivity index (χ2v) is 8.30. The summed E-state index contributed by atoms with van der Waals surface area (Å²) in [4.78, 5) is 12.3. The van der Waals surface area contributed by atoms with Crippen LogP contribution in [0.2, 0.25) is 0 Å². The Kier molecular flexibility index (Phi) is 7.40. The second kappa shape index (κ2) is 10.6. The number of benzene rings is 3. The summed E-state index contributed by atoms with van der Waals surface area (Å²) in [6.07, 6.45) is -4.52. The summed E-state index contributed by atoms with van der Waals surface area (Å²) in [7, 11) is 1.53. The minimum Gasteiger partial charge on any atom is -0.497 e. The van der Waals surface area contributed by atoms with Crippen LogP contribution in [0, 0.1) is 0 Å². The van der Waals surface area contributed by atoms with E-state index < -0.39 is 17.7 Å². The van der Waals surface area contributed by atoms with E-state index in [1.54, 1.807) is 24.3 Å². The lowest BCUT2D eigenvalue weighted by Crippen LogP contribution is -2.09. The first kappa shape index (κ1) is 24.3. The Morgan fingerprint density at radius 1 is 0.971 bits per heavy atom. The number of ether oxygens (including phenoxy) is 2. The highest BCUT2D eigenvalue weighted by molar-refractivity contribution is 7.99. The van der Waals surface area contributed by atoms with Crippen LogP contribution in [0.4, 0.5) is 13.2 Å². The molecule has 10 heteroatoms. The first-order valence-electron chi connectivity index (χ1n) is 10.4. The van der Waals surface area contributed by atoms with Crippen molar-refractivity contribution >= 4 is 17.7 Å². The van der Waals surface area contributed by atoms with Crippen LogP contribution in [-0.2, 0) is 22.3 Å². The van der Waals surface area contributed by atoms with Gasteiger partial charge in [-0.2, -0.15) is 13.2 Å². The average molecular weight is 500 g/mol. The summed E-state index contributed by atoms with van der Waals surface area (Å²) >= 11 is 1.03. The Bertz CT molecular complexity index is 1290. The lowest BCUT2D eigenvalue weighted by Gasteiger charge is -2.13. The Balaban J connectivity index is 1.62. The molecule has 0 saturated carbocycles. The van der Waals surface area contributed by atoms with Crippen LogP contribution in [-0.4, -0.2) is 33.6 Å². The van der Waals surface area contributed by atoms with Gasteiger partial charge >= 0.3 is 12.1 Å². The number of alkyl halides is 3. The molecule has 0 atom stereocenters. The molecule has 0 fully saturated rings. The Hall–Kier alpha value is -3.79. The van der Waals surface area contributed by atoms with Crippen molar-refractivity contribution < 1.29 is 27.4 Å². The van der Waals surface area contributed by atoms with E-state index in [0.29, 0.717) is 17.1 Å². The van der Waals surface area contributed by atoms with Crippen LogP contribution in [0.15, 0.2) is 84.0 Å². The Morgan fingerprint density at radius 2 is 1.71 bits per heavy atom. The van der Waals surface area contributed by atoms with Crippen LogP contribution in [0.3, 0.4) is 0 Å². The van der Waals surface area contributed by atoms with Gasteiger partial charge in [-0.15, -0.1) is 10.2 Å². The molecule has 0 radical (unpaired) electrons. The molecule has 0 aliphatic heterocycles. The van der Waals surface area contributed by atoms with E-state index in [1.807, 2.05) is 30.3 Å². The van der Waals surface area contributed by atoms with Crippen molar-refractivity contribution in [2.24, 2.45) is 0 Å². The third-order valence-electron chi connectivity index (χ3n) is 4.98. The minimum absolute atomic E-state index is 0.0907. The summed E-state index contributed by atoms with van der Waals surface area (Å²) < 4.78 is 52.1. The van der Waals surface area contributed by atoms with Gasteiger partial charge in [-0.3, -0.25) is 9.36 Å². The number of carbonyl (C=O) groups is 1. The molecule has 0 spiro atoms. The number of rotatable bonds is 8. The van der Waals surface area contributed by atoms with E-state index in [1.165, 1.54) is 23.8 Å². The molecule has 0 bridgehead atoms. The van der Waals surface area contributed by atoms with Crippen LogP contribution in [0.1, 0.15) is 11.1 Å². The number of nitrogens with zero attached hydrogens (tertiary/aromatic N) is 3. The van der Waals surface area contributed by atoms with Gasteiger partial charge in [-0.25, -0.2) is 0 Å². The fraction of sp³-hybridized carbons (Fsp3) is 0.160. The maximum absolute atomic E-state index is 13.4. The van der Waals surface area contributed by atoms with Crippen molar-refractivity contribution in [1.29, 1.82) is 0 Å². The van der Waals surface area contributed by atoms with Crippen LogP contribution in [0.5, 0.6) is 5.75 Å². The van der Waals surface area contributed by atoms with Gasteiger partial charge in [0.1, 0.15) is 12.4 Å². The topological polar surface area (TPSA) is 66.2 Å². The number of hydrogen-bond donors (Lipinski definition) is 0. The molecule has 3 aromatic carbocycles. The lowest BCUT2D eigenvalue weighted by molar-refractivity contribution is -0.141. The van der Waals surface area contributed by atoms with Gasteiger partial charge in [0.15, 0.2) is 11.0 Å². The number of aromatic nitrogens is 3. The zero-order valence-electron chi connectivity index (χ0n) is 18.5. The standard InChI is InChI=1S/C25H20F3N3O3S/c1-33-21-12-10-18(11-13-21)23-29-30-24(31(23)20-9-5-8-19(14-20)25(26,27)28)35-16-22(32)34-15-17-6-3-2-4-7-17/h2-14H,15-16H2,1H3. The summed E-state index contributed by atoms with van der Waals surface area (Å²) in [6, 6.07) is 21.0. The fourth-order valence-corrected chi connectivity index (χ4v) is 4.00. The van der Waals surface area contributed by atoms with E-state index >= 15 is 0 Å². The zero-order valence-corrected chi connectivity index (χ0v) is 19.3. The smallest absolute Gasteiger partial charge is 0.416 e. The van der Waals surface area contributed by atoms with E-state index in [4.69, 9.17) is 9.47 Å². The molecule has 0 aliphatic rings. The number of hydrogen-bond acceptors (Lipinski definition) is 6. The van der Waals surface area contributed by atoms with Crippen molar-refractivity contribution in [3.8, 4) is 22.8 Å². The maximum atomic E-state index is 13.4. The maximum Gasteiger partial charge on any atom is 0.416 e. The fourth-order valence-electron chi connectivity index (χ4n) is 3.25. The summed E-state index contributed by atoms with van der Waals surface area (Å²) in [5.41, 5.74) is 0.882. The third kappa shape index (κ3) is 6.02. The monoisotopic (exact) mass is 499 g/mol. The first-order valence-corrected chi connectivity index (χ1v) is 11.4. The van der Waals surface area contributed by atoms with Gasteiger partial charge in [-0.05, 0) is 48.0 Å². The number of thioether (sulfide) groups is 1. The highest BCUT2D eigenvalue weighted by atomic mass is 32.2. The molecule has 0 saturated heterocycles. The number of carbonyl (C=O) groups excluding carboxylic acids is 1. The van der Waals surface area contributed by atoms with E-state index in [-0.39, 0.29) is 23.2 Å². The summed E-state index contributed by atoms with van der Waals surface area (Å²) in [6.45, 7) is 0.123. The molecule has 1 heterocycles. The molecule has 0 amide bonds. The SMILES string of the molecule is COc1ccc(-c2nnc(SCC(=O)OCc3ccccc3)n2-c2cccc(C(F)(F)F)c2)cc1. The largest absolute Gasteiger partial charge is 0.497 e. The highest BCUT2D eigenvalue weighted by Crippen LogP contribution is 2.33. The number of esters is 1. The van der Waals surface area contributed by atoms with Gasteiger partial charge < -0.3 is 9.47 Å². The van der Waals surface area contributed by atoms with Gasteiger partial charge in [0.25, 0.3) is 0 Å². The normalized spacial score (nSPS) is 11.3. The van der Waals surface area contributed by atoms with E-state index in [9.17, 15) is 18.0 Å². The zero-order chi connectivity index (χ0) is 24.8. The highest BCUT2D eigenvalue weighted by Gasteiger charge is 2.31. The molecule has 0 aliphatic carbocycles. The van der Waals surface area contributed by atoms with Gasteiger partial charge in [-0.1, -0.05) is 48.2 Å². The van der Waals surface area contributed by atoms with Crippen LogP contribution >= 0.6 is 11.8 Å². The van der Waals surface area contributed by atoms with Crippen molar-refractivity contribution in [2.75, 3.05) is 12.9 Å². The minimum atomic E-state index is -4.52. The predicted molar refractivity (Wildman–Crippen MR) is 125 cm³/mol. The molecule has 1 aromatic heterocycles.